The molecule has 0 spiro atoms. The molecule has 0 amide bonds. The summed E-state index contributed by atoms with van der Waals surface area (Å²) in [5.74, 6) is 0. The summed E-state index contributed by atoms with van der Waals surface area (Å²) in [4.78, 5) is 2.53. The van der Waals surface area contributed by atoms with Gasteiger partial charge >= 0.3 is 6.85 Å². The number of nitrogens with zero attached hydrogens (tertiary/aromatic N) is 3. The minimum Gasteiger partial charge on any atom is -0.375 e. The largest absolute Gasteiger partial charge is 0.375 e. The van der Waals surface area contributed by atoms with Crippen LogP contribution in [0.2, 0.25) is 0 Å². The highest BCUT2D eigenvalue weighted by Crippen LogP contribution is 2.50. The molecule has 0 saturated carbocycles. The summed E-state index contributed by atoms with van der Waals surface area (Å²) in [5.41, 5.74) is 21.4. The fourth-order valence-electron chi connectivity index (χ4n) is 10.1. The van der Waals surface area contributed by atoms with Crippen LogP contribution in [0.5, 0.6) is 0 Å². The zero-order valence-corrected chi connectivity index (χ0v) is 31.2. The third-order valence-corrected chi connectivity index (χ3v) is 12.3. The molecule has 8 aromatic carbocycles. The zero-order valence-electron chi connectivity index (χ0n) is 31.2. The summed E-state index contributed by atoms with van der Waals surface area (Å²) in [6, 6.07) is 67.4. The third kappa shape index (κ3) is 4.19. The van der Waals surface area contributed by atoms with Crippen LogP contribution in [0, 0.1) is 13.8 Å². The quantitative estimate of drug-likeness (QED) is 0.166. The number of aromatic nitrogens is 2. The number of aryl methyl sites for hydroxylation is 2. The second kappa shape index (κ2) is 11.7. The fourth-order valence-corrected chi connectivity index (χ4v) is 10.1. The van der Waals surface area contributed by atoms with Crippen molar-refractivity contribution in [2.24, 2.45) is 0 Å². The number of hydrogen-bond donors (Lipinski definition) is 0. The van der Waals surface area contributed by atoms with Crippen molar-refractivity contribution in [2.75, 3.05) is 4.90 Å². The molecule has 12 rings (SSSR count). The molecule has 2 aliphatic rings. The molecule has 56 heavy (non-hydrogen) atoms. The van der Waals surface area contributed by atoms with Gasteiger partial charge in [-0.15, -0.1) is 0 Å². The minimum atomic E-state index is -0.0378. The second-order valence-corrected chi connectivity index (χ2v) is 15.4. The van der Waals surface area contributed by atoms with E-state index >= 15 is 0 Å². The topological polar surface area (TPSA) is 13.1 Å². The second-order valence-electron chi connectivity index (χ2n) is 15.4. The van der Waals surface area contributed by atoms with Crippen molar-refractivity contribution >= 4 is 67.5 Å². The molecular weight excluding hydrogens is 677 g/mol. The molecule has 0 radical (unpaired) electrons. The predicted octanol–water partition coefficient (Wildman–Crippen LogP) is 12.1. The number of rotatable bonds is 4. The maximum atomic E-state index is 2.71. The van der Waals surface area contributed by atoms with Gasteiger partial charge in [-0.05, 0) is 95.1 Å². The number of fused-ring (bicyclic) bond motifs is 7. The minimum absolute atomic E-state index is 0.0378. The van der Waals surface area contributed by atoms with Crippen molar-refractivity contribution in [3.63, 3.8) is 0 Å². The van der Waals surface area contributed by atoms with E-state index in [9.17, 15) is 0 Å². The molecule has 3 nitrogen and oxygen atoms in total. The first-order valence-corrected chi connectivity index (χ1v) is 19.6. The molecule has 0 N–H and O–H groups in total. The first kappa shape index (κ1) is 31.3. The Bertz CT molecular complexity index is 3210. The van der Waals surface area contributed by atoms with E-state index in [0.29, 0.717) is 0 Å². The van der Waals surface area contributed by atoms with Gasteiger partial charge in [-0.25, -0.2) is 0 Å². The molecule has 2 aliphatic heterocycles. The summed E-state index contributed by atoms with van der Waals surface area (Å²) >= 11 is 0. The van der Waals surface area contributed by atoms with Crippen LogP contribution >= 0.6 is 0 Å². The molecule has 0 unspecified atom stereocenters. The predicted molar refractivity (Wildman–Crippen MR) is 237 cm³/mol. The van der Waals surface area contributed by atoms with E-state index in [1.54, 1.807) is 0 Å². The van der Waals surface area contributed by atoms with Crippen molar-refractivity contribution in [1.82, 2.24) is 9.05 Å². The Morgan fingerprint density at radius 3 is 1.95 bits per heavy atom. The molecule has 0 bridgehead atoms. The average molecular weight is 714 g/mol. The highest BCUT2D eigenvalue weighted by atomic mass is 15.2. The van der Waals surface area contributed by atoms with Gasteiger partial charge in [-0.1, -0.05) is 140 Å². The highest BCUT2D eigenvalue weighted by Gasteiger charge is 2.44. The first-order valence-electron chi connectivity index (χ1n) is 19.6. The van der Waals surface area contributed by atoms with E-state index in [4.69, 9.17) is 0 Å². The van der Waals surface area contributed by atoms with Gasteiger partial charge in [0.05, 0.1) is 16.7 Å². The molecule has 4 heterocycles. The Hall–Kier alpha value is -7.04. The number of hydrogen-bond acceptors (Lipinski definition) is 1. The van der Waals surface area contributed by atoms with Crippen LogP contribution in [-0.4, -0.2) is 15.9 Å². The van der Waals surface area contributed by atoms with Crippen LogP contribution in [0.4, 0.5) is 17.1 Å². The lowest BCUT2D eigenvalue weighted by molar-refractivity contribution is 1.18. The Balaban J connectivity index is 1.22. The summed E-state index contributed by atoms with van der Waals surface area (Å²) in [5, 5.41) is 3.78. The van der Waals surface area contributed by atoms with Gasteiger partial charge in [0, 0.05) is 55.6 Å². The normalized spacial score (nSPS) is 12.8. The van der Waals surface area contributed by atoms with Crippen LogP contribution in [-0.2, 0) is 0 Å². The zero-order chi connectivity index (χ0) is 37.1. The summed E-state index contributed by atoms with van der Waals surface area (Å²) in [6.45, 7) is 4.45. The van der Waals surface area contributed by atoms with E-state index in [-0.39, 0.29) is 6.85 Å². The Morgan fingerprint density at radius 1 is 0.464 bits per heavy atom. The standard InChI is InChI=1S/C52H36BN3/c1-33-16-13-17-34(2)50(33)55-46-28-12-10-26-43(46)53-49-39(23-15-29-47(49)55)40-24-14-25-41-48(35-18-5-3-6-19-35)51(56(53)52(40)41)36-30-31-45-42(32-36)38-22-9-11-27-44(38)54(45)37-20-7-4-8-21-37/h3-32H,1-2H3. The molecule has 0 fully saturated rings. The lowest BCUT2D eigenvalue weighted by Gasteiger charge is -2.41. The number of benzene rings is 8. The van der Waals surface area contributed by atoms with E-state index in [1.165, 1.54) is 111 Å². The van der Waals surface area contributed by atoms with Gasteiger partial charge in [0.2, 0.25) is 0 Å². The van der Waals surface area contributed by atoms with Gasteiger partial charge in [0.1, 0.15) is 0 Å². The molecule has 0 aliphatic carbocycles. The molecule has 4 heteroatoms. The average Bonchev–Trinajstić information content (AvgIpc) is 3.77. The van der Waals surface area contributed by atoms with Gasteiger partial charge in [-0.2, -0.15) is 0 Å². The Kier molecular flexibility index (Phi) is 6.56. The first-order chi connectivity index (χ1) is 27.7. The van der Waals surface area contributed by atoms with Crippen molar-refractivity contribution in [3.8, 4) is 39.2 Å². The molecule has 0 atom stereocenters. The van der Waals surface area contributed by atoms with Crippen molar-refractivity contribution in [2.45, 2.75) is 13.8 Å². The van der Waals surface area contributed by atoms with Gasteiger partial charge in [0.15, 0.2) is 0 Å². The monoisotopic (exact) mass is 713 g/mol. The maximum absolute atomic E-state index is 2.71. The van der Waals surface area contributed by atoms with E-state index < -0.39 is 0 Å². The van der Waals surface area contributed by atoms with Crippen LogP contribution in [0.1, 0.15) is 11.1 Å². The van der Waals surface area contributed by atoms with Crippen LogP contribution < -0.4 is 15.8 Å². The van der Waals surface area contributed by atoms with Crippen molar-refractivity contribution < 1.29 is 0 Å². The van der Waals surface area contributed by atoms with Gasteiger partial charge in [-0.3, -0.25) is 0 Å². The number of anilines is 3. The van der Waals surface area contributed by atoms with Crippen LogP contribution in [0.3, 0.4) is 0 Å². The number of para-hydroxylation sites is 5. The third-order valence-electron chi connectivity index (χ3n) is 12.3. The summed E-state index contributed by atoms with van der Waals surface area (Å²) in [7, 11) is 0. The van der Waals surface area contributed by atoms with Gasteiger partial charge < -0.3 is 13.9 Å². The van der Waals surface area contributed by atoms with Crippen LogP contribution in [0.15, 0.2) is 182 Å². The smallest absolute Gasteiger partial charge is 0.333 e. The van der Waals surface area contributed by atoms with Crippen LogP contribution in [0.25, 0.3) is 71.9 Å². The maximum Gasteiger partial charge on any atom is 0.333 e. The molecule has 2 aromatic heterocycles. The molecule has 10 aromatic rings. The van der Waals surface area contributed by atoms with E-state index in [1.807, 2.05) is 0 Å². The van der Waals surface area contributed by atoms with Crippen molar-refractivity contribution in [1.29, 1.82) is 0 Å². The lowest BCUT2D eigenvalue weighted by Crippen LogP contribution is -2.57. The van der Waals surface area contributed by atoms with Gasteiger partial charge in [0.25, 0.3) is 0 Å². The van der Waals surface area contributed by atoms with E-state index in [0.717, 1.165) is 0 Å². The van der Waals surface area contributed by atoms with E-state index in [2.05, 4.69) is 210 Å². The summed E-state index contributed by atoms with van der Waals surface area (Å²) < 4.78 is 5.11. The summed E-state index contributed by atoms with van der Waals surface area (Å²) in [6.07, 6.45) is 0. The molecule has 0 saturated heterocycles. The van der Waals surface area contributed by atoms with Crippen molar-refractivity contribution in [3.05, 3.63) is 193 Å². The lowest BCUT2D eigenvalue weighted by atomic mass is 9.45. The molecular formula is C52H36BN3. The molecule has 262 valence electrons. The Labute approximate surface area is 326 Å². The fraction of sp³-hybridized carbons (Fsp3) is 0.0385. The highest BCUT2D eigenvalue weighted by molar-refractivity contribution is 6.89. The SMILES string of the molecule is Cc1cccc(C)c1N1c2ccccc2B2c3c(cccc31)-c1cccc3c(-c4ccccc4)c(-c4ccc5c(c4)c4ccccc4n5-c4ccccc4)n2c13. The Morgan fingerprint density at radius 2 is 1.11 bits per heavy atom.